The molecule has 4 aromatic rings. The molecule has 1 saturated carbocycles. The molecule has 0 saturated heterocycles. The second-order valence-corrected chi connectivity index (χ2v) is 9.16. The first-order chi connectivity index (χ1) is 19.1. The van der Waals surface area contributed by atoms with E-state index in [1.165, 1.54) is 29.3 Å². The summed E-state index contributed by atoms with van der Waals surface area (Å²) in [5.74, 6) is 0.432. The van der Waals surface area contributed by atoms with E-state index in [-0.39, 0.29) is 17.7 Å². The molecule has 2 heterocycles. The Morgan fingerprint density at radius 1 is 1.15 bits per heavy atom. The minimum atomic E-state index is -0.998. The van der Waals surface area contributed by atoms with E-state index >= 15 is 0 Å². The van der Waals surface area contributed by atoms with Crippen molar-refractivity contribution in [1.29, 1.82) is 0 Å². The van der Waals surface area contributed by atoms with E-state index < -0.39 is 11.9 Å². The SMILES string of the molecule is CCOc1ccc(C(C(=O)NC2CCCC2)N(C(=O)c2ccco2)c2ccc(-n3cnnn3)c(OC)c2)cc1. The third kappa shape index (κ3) is 5.62. The first-order valence-electron chi connectivity index (χ1n) is 12.9. The van der Waals surface area contributed by atoms with Gasteiger partial charge in [-0.2, -0.15) is 4.68 Å². The van der Waals surface area contributed by atoms with Crippen molar-refractivity contribution in [2.75, 3.05) is 18.6 Å². The Bertz CT molecular complexity index is 1380. The van der Waals surface area contributed by atoms with Gasteiger partial charge in [0.15, 0.2) is 5.76 Å². The minimum absolute atomic E-state index is 0.0555. The van der Waals surface area contributed by atoms with Gasteiger partial charge in [-0.1, -0.05) is 25.0 Å². The molecule has 202 valence electrons. The van der Waals surface area contributed by atoms with Crippen molar-refractivity contribution >= 4 is 17.5 Å². The van der Waals surface area contributed by atoms with Gasteiger partial charge in [0.25, 0.3) is 5.91 Å². The van der Waals surface area contributed by atoms with E-state index in [1.807, 2.05) is 6.92 Å². The van der Waals surface area contributed by atoms with Gasteiger partial charge < -0.3 is 19.2 Å². The van der Waals surface area contributed by atoms with Crippen LogP contribution in [0.1, 0.15) is 54.8 Å². The number of furan rings is 1. The number of carbonyl (C=O) groups excluding carboxylic acids is 2. The van der Waals surface area contributed by atoms with Gasteiger partial charge in [-0.05, 0) is 72.2 Å². The topological polar surface area (TPSA) is 125 Å². The van der Waals surface area contributed by atoms with Crippen LogP contribution in [0.4, 0.5) is 5.69 Å². The van der Waals surface area contributed by atoms with Crippen molar-refractivity contribution in [3.8, 4) is 17.2 Å². The standard InChI is InChI=1S/C28H30N6O5/c1-3-38-22-13-10-19(11-14-22)26(27(35)30-20-7-4-5-8-20)34(28(36)24-9-6-16-39-24)21-12-15-23(25(17-21)37-2)33-18-29-31-32-33/h6,9-18,20,26H,3-5,7-8H2,1-2H3,(H,30,35). The number of rotatable bonds is 10. The van der Waals surface area contributed by atoms with Crippen LogP contribution in [-0.4, -0.2) is 51.8 Å². The lowest BCUT2D eigenvalue weighted by Gasteiger charge is -2.32. The Morgan fingerprint density at radius 2 is 1.95 bits per heavy atom. The molecule has 11 heteroatoms. The smallest absolute Gasteiger partial charge is 0.294 e. The lowest BCUT2D eigenvalue weighted by molar-refractivity contribution is -0.123. The molecule has 0 spiro atoms. The Hall–Kier alpha value is -4.67. The van der Waals surface area contributed by atoms with Crippen LogP contribution in [0.5, 0.6) is 11.5 Å². The number of ether oxygens (including phenoxy) is 2. The van der Waals surface area contributed by atoms with Crippen LogP contribution in [0.25, 0.3) is 5.69 Å². The van der Waals surface area contributed by atoms with Crippen molar-refractivity contribution < 1.29 is 23.5 Å². The minimum Gasteiger partial charge on any atom is -0.494 e. The van der Waals surface area contributed by atoms with Gasteiger partial charge in [0, 0.05) is 17.8 Å². The summed E-state index contributed by atoms with van der Waals surface area (Å²) >= 11 is 0. The van der Waals surface area contributed by atoms with Crippen LogP contribution in [0.2, 0.25) is 0 Å². The van der Waals surface area contributed by atoms with Gasteiger partial charge in [-0.3, -0.25) is 14.5 Å². The largest absolute Gasteiger partial charge is 0.494 e. The first kappa shape index (κ1) is 26.0. The van der Waals surface area contributed by atoms with Gasteiger partial charge in [-0.25, -0.2) is 0 Å². The summed E-state index contributed by atoms with van der Waals surface area (Å²) in [6.45, 7) is 2.42. The van der Waals surface area contributed by atoms with Crippen LogP contribution in [0, 0.1) is 0 Å². The molecule has 1 N–H and O–H groups in total. The highest BCUT2D eigenvalue weighted by molar-refractivity contribution is 6.09. The number of carbonyl (C=O) groups is 2. The van der Waals surface area contributed by atoms with E-state index in [0.717, 1.165) is 25.7 Å². The highest BCUT2D eigenvalue weighted by atomic mass is 16.5. The summed E-state index contributed by atoms with van der Waals surface area (Å²) in [6, 6.07) is 14.6. The van der Waals surface area contributed by atoms with E-state index in [1.54, 1.807) is 54.6 Å². The molecule has 1 aliphatic carbocycles. The predicted molar refractivity (Wildman–Crippen MR) is 142 cm³/mol. The van der Waals surface area contributed by atoms with E-state index in [2.05, 4.69) is 20.8 Å². The van der Waals surface area contributed by atoms with Gasteiger partial charge in [-0.15, -0.1) is 5.10 Å². The van der Waals surface area contributed by atoms with Crippen LogP contribution < -0.4 is 19.7 Å². The molecule has 1 unspecified atom stereocenters. The molecule has 1 atom stereocenters. The lowest BCUT2D eigenvalue weighted by atomic mass is 10.0. The lowest BCUT2D eigenvalue weighted by Crippen LogP contribution is -2.46. The molecule has 2 aromatic heterocycles. The molecule has 2 amide bonds. The zero-order valence-electron chi connectivity index (χ0n) is 21.8. The molecular weight excluding hydrogens is 500 g/mol. The number of hydrogen-bond acceptors (Lipinski definition) is 8. The molecule has 2 aromatic carbocycles. The number of methoxy groups -OCH3 is 1. The zero-order chi connectivity index (χ0) is 27.2. The van der Waals surface area contributed by atoms with Gasteiger partial charge in [0.1, 0.15) is 29.6 Å². The first-order valence-corrected chi connectivity index (χ1v) is 12.9. The molecule has 11 nitrogen and oxygen atoms in total. The summed E-state index contributed by atoms with van der Waals surface area (Å²) in [5, 5.41) is 14.5. The molecule has 0 radical (unpaired) electrons. The summed E-state index contributed by atoms with van der Waals surface area (Å²) in [5.41, 5.74) is 1.63. The second kappa shape index (κ2) is 11.8. The van der Waals surface area contributed by atoms with Crippen molar-refractivity contribution in [1.82, 2.24) is 25.5 Å². The van der Waals surface area contributed by atoms with Gasteiger partial charge >= 0.3 is 0 Å². The third-order valence-electron chi connectivity index (χ3n) is 6.70. The zero-order valence-corrected chi connectivity index (χ0v) is 21.8. The Morgan fingerprint density at radius 3 is 2.59 bits per heavy atom. The van der Waals surface area contributed by atoms with Crippen LogP contribution in [-0.2, 0) is 4.79 Å². The molecule has 0 aliphatic heterocycles. The van der Waals surface area contributed by atoms with Crippen molar-refractivity contribution in [3.05, 3.63) is 78.5 Å². The van der Waals surface area contributed by atoms with E-state index in [4.69, 9.17) is 13.9 Å². The molecule has 1 fully saturated rings. The quantitative estimate of drug-likeness (QED) is 0.325. The fourth-order valence-electron chi connectivity index (χ4n) is 4.86. The maximum Gasteiger partial charge on any atom is 0.294 e. The highest BCUT2D eigenvalue weighted by Crippen LogP contribution is 2.35. The maximum atomic E-state index is 14.0. The van der Waals surface area contributed by atoms with Crippen LogP contribution in [0.3, 0.4) is 0 Å². The predicted octanol–water partition coefficient (Wildman–Crippen LogP) is 4.11. The number of anilines is 1. The van der Waals surface area contributed by atoms with Gasteiger partial charge in [0.2, 0.25) is 5.91 Å². The number of tetrazole rings is 1. The molecular formula is C28H30N6O5. The number of nitrogens with one attached hydrogen (secondary N) is 1. The van der Waals surface area contributed by atoms with Crippen molar-refractivity contribution in [2.45, 2.75) is 44.7 Å². The van der Waals surface area contributed by atoms with E-state index in [0.29, 0.717) is 35.0 Å². The second-order valence-electron chi connectivity index (χ2n) is 9.16. The molecule has 5 rings (SSSR count). The third-order valence-corrected chi connectivity index (χ3v) is 6.70. The highest BCUT2D eigenvalue weighted by Gasteiger charge is 2.36. The maximum absolute atomic E-state index is 14.0. The van der Waals surface area contributed by atoms with Crippen molar-refractivity contribution in [3.63, 3.8) is 0 Å². The molecule has 1 aliphatic rings. The van der Waals surface area contributed by atoms with Gasteiger partial charge in [0.05, 0.1) is 20.0 Å². The summed E-state index contributed by atoms with van der Waals surface area (Å²) in [7, 11) is 1.52. The Balaban J connectivity index is 1.62. The molecule has 0 bridgehead atoms. The number of amides is 2. The Labute approximate surface area is 225 Å². The molecule has 39 heavy (non-hydrogen) atoms. The summed E-state index contributed by atoms with van der Waals surface area (Å²) in [6.07, 6.45) is 6.80. The van der Waals surface area contributed by atoms with Crippen molar-refractivity contribution in [2.24, 2.45) is 0 Å². The van der Waals surface area contributed by atoms with Crippen LogP contribution >= 0.6 is 0 Å². The monoisotopic (exact) mass is 530 g/mol. The Kier molecular flexibility index (Phi) is 7.86. The average Bonchev–Trinajstić information content (AvgIpc) is 3.76. The average molecular weight is 531 g/mol. The number of nitrogens with zero attached hydrogens (tertiary/aromatic N) is 5. The van der Waals surface area contributed by atoms with Crippen LogP contribution in [0.15, 0.2) is 71.6 Å². The van der Waals surface area contributed by atoms with E-state index in [9.17, 15) is 9.59 Å². The normalized spacial score (nSPS) is 14.1. The number of aromatic nitrogens is 4. The fourth-order valence-corrected chi connectivity index (χ4v) is 4.86. The summed E-state index contributed by atoms with van der Waals surface area (Å²) in [4.78, 5) is 29.4. The number of hydrogen-bond donors (Lipinski definition) is 1. The fraction of sp³-hybridized carbons (Fsp3) is 0.321. The summed E-state index contributed by atoms with van der Waals surface area (Å²) < 4.78 is 18.2. The number of benzene rings is 2.